The number of rotatable bonds is 11. The summed E-state index contributed by atoms with van der Waals surface area (Å²) in [6.07, 6.45) is 1.71. The number of likely N-dealkylation sites (tertiary alicyclic amines) is 1. The lowest BCUT2D eigenvalue weighted by Crippen LogP contribution is -2.59. The maximum absolute atomic E-state index is 14.3. The van der Waals surface area contributed by atoms with E-state index < -0.39 is 41.8 Å². The van der Waals surface area contributed by atoms with E-state index in [0.29, 0.717) is 32.2 Å². The molecular weight excluding hydrogens is 512 g/mol. The van der Waals surface area contributed by atoms with Crippen LogP contribution in [0.3, 0.4) is 0 Å². The van der Waals surface area contributed by atoms with E-state index in [1.165, 1.54) is 0 Å². The number of amides is 4. The summed E-state index contributed by atoms with van der Waals surface area (Å²) < 4.78 is 5.46. The molecule has 10 heteroatoms. The molecule has 4 unspecified atom stereocenters. The Morgan fingerprint density at radius 1 is 1.07 bits per heavy atom. The van der Waals surface area contributed by atoms with Gasteiger partial charge in [-0.15, -0.1) is 0 Å². The van der Waals surface area contributed by atoms with Crippen LogP contribution in [0.25, 0.3) is 0 Å². The molecular formula is C30H42N4O6. The lowest BCUT2D eigenvalue weighted by molar-refractivity contribution is -0.144. The third kappa shape index (κ3) is 5.71. The van der Waals surface area contributed by atoms with Gasteiger partial charge < -0.3 is 26.0 Å². The molecule has 1 heterocycles. The molecule has 2 fully saturated rings. The number of fused-ring (bicyclic) bond motifs is 2. The van der Waals surface area contributed by atoms with Gasteiger partial charge in [0, 0.05) is 6.54 Å². The average molecular weight is 555 g/mol. The number of hydrogen-bond acceptors (Lipinski definition) is 6. The molecule has 4 N–H and O–H groups in total. The molecule has 6 atom stereocenters. The second kappa shape index (κ2) is 11.6. The average Bonchev–Trinajstić information content (AvgIpc) is 3.29. The summed E-state index contributed by atoms with van der Waals surface area (Å²) in [7, 11) is 0. The predicted octanol–water partition coefficient (Wildman–Crippen LogP) is 2.12. The van der Waals surface area contributed by atoms with Gasteiger partial charge in [-0.2, -0.15) is 0 Å². The number of primary amides is 1. The molecule has 4 rings (SSSR count). The lowest BCUT2D eigenvalue weighted by Gasteiger charge is -2.35. The van der Waals surface area contributed by atoms with Crippen molar-refractivity contribution in [2.45, 2.75) is 91.0 Å². The molecule has 0 bridgehead atoms. The largest absolute Gasteiger partial charge is 0.447 e. The van der Waals surface area contributed by atoms with Crippen molar-refractivity contribution < 1.29 is 28.7 Å². The van der Waals surface area contributed by atoms with Gasteiger partial charge in [0.05, 0.1) is 6.04 Å². The number of ether oxygens (including phenoxy) is 1. The summed E-state index contributed by atoms with van der Waals surface area (Å²) in [5.74, 6) is -2.97. The Morgan fingerprint density at radius 2 is 1.70 bits per heavy atom. The number of nitrogens with two attached hydrogens (primary N) is 1. The van der Waals surface area contributed by atoms with Crippen molar-refractivity contribution in [2.75, 3.05) is 6.54 Å². The van der Waals surface area contributed by atoms with Crippen LogP contribution in [0.2, 0.25) is 0 Å². The van der Waals surface area contributed by atoms with E-state index >= 15 is 0 Å². The van der Waals surface area contributed by atoms with Crippen molar-refractivity contribution >= 4 is 29.6 Å². The smallest absolute Gasteiger partial charge is 0.408 e. The molecule has 40 heavy (non-hydrogen) atoms. The predicted molar refractivity (Wildman–Crippen MR) is 148 cm³/mol. The summed E-state index contributed by atoms with van der Waals surface area (Å²) in [6, 6.07) is 5.21. The van der Waals surface area contributed by atoms with Crippen LogP contribution in [-0.2, 0) is 36.8 Å². The number of carbonyl (C=O) groups excluding carboxylic acids is 5. The fourth-order valence-electron chi connectivity index (χ4n) is 6.62. The van der Waals surface area contributed by atoms with E-state index in [4.69, 9.17) is 10.5 Å². The summed E-state index contributed by atoms with van der Waals surface area (Å²) in [5.41, 5.74) is 7.34. The van der Waals surface area contributed by atoms with Gasteiger partial charge in [0.2, 0.25) is 17.6 Å². The minimum atomic E-state index is -1.10. The number of carbonyl (C=O) groups is 5. The molecule has 3 aliphatic rings. The third-order valence-corrected chi connectivity index (χ3v) is 9.19. The Kier molecular flexibility index (Phi) is 8.56. The summed E-state index contributed by atoms with van der Waals surface area (Å²) in [6.45, 7) is 10.0. The second-order valence-corrected chi connectivity index (χ2v) is 12.2. The van der Waals surface area contributed by atoms with Gasteiger partial charge in [0.1, 0.15) is 18.2 Å². The first kappa shape index (κ1) is 29.6. The SMILES string of the molecule is CCCC(NC(=O)[C@@H]1C2C(CN1C(=O)[C@@H](NC(=O)OC(C)CC)C1Cc3ccccc3C1)C2(C)C)C(=O)C(N)=O. The molecule has 10 nitrogen and oxygen atoms in total. The van der Waals surface area contributed by atoms with E-state index in [0.717, 1.165) is 11.1 Å². The normalized spacial score (nSPS) is 24.7. The van der Waals surface area contributed by atoms with Gasteiger partial charge >= 0.3 is 6.09 Å². The van der Waals surface area contributed by atoms with Crippen molar-refractivity contribution in [3.05, 3.63) is 35.4 Å². The molecule has 1 aromatic carbocycles. The van der Waals surface area contributed by atoms with Gasteiger partial charge in [-0.3, -0.25) is 19.2 Å². The number of hydrogen-bond donors (Lipinski definition) is 3. The molecule has 4 amide bonds. The Labute approximate surface area is 235 Å². The zero-order valence-electron chi connectivity index (χ0n) is 24.1. The number of Topliss-reactive ketones (excluding diaryl/α,β-unsaturated/α-hetero) is 1. The Morgan fingerprint density at radius 3 is 2.25 bits per heavy atom. The van der Waals surface area contributed by atoms with E-state index in [-0.39, 0.29) is 41.6 Å². The maximum Gasteiger partial charge on any atom is 0.408 e. The topological polar surface area (TPSA) is 148 Å². The fraction of sp³-hybridized carbons (Fsp3) is 0.633. The minimum Gasteiger partial charge on any atom is -0.447 e. The standard InChI is InChI=1S/C30H42N4O6/c1-6-10-21(25(35)26(31)36)32-27(37)24-22-20(30(22,4)5)15-34(24)28(38)23(33-29(39)40-16(3)7-2)19-13-17-11-8-9-12-18(17)14-19/h8-9,11-12,16,19-24H,6-7,10,13-15H2,1-5H3,(H2,31,36)(H,32,37)(H,33,39)/t16?,20?,21?,22?,23-,24-/m0/s1. The van der Waals surface area contributed by atoms with Crippen LogP contribution in [0, 0.1) is 23.2 Å². The first-order valence-corrected chi connectivity index (χ1v) is 14.4. The molecule has 0 aromatic heterocycles. The summed E-state index contributed by atoms with van der Waals surface area (Å²) in [4.78, 5) is 66.4. The second-order valence-electron chi connectivity index (χ2n) is 12.2. The third-order valence-electron chi connectivity index (χ3n) is 9.19. The molecule has 0 radical (unpaired) electrons. The van der Waals surface area contributed by atoms with Gasteiger partial charge in [0.25, 0.3) is 5.91 Å². The van der Waals surface area contributed by atoms with Crippen molar-refractivity contribution in [1.82, 2.24) is 15.5 Å². The zero-order chi connectivity index (χ0) is 29.4. The highest BCUT2D eigenvalue weighted by Crippen LogP contribution is 2.65. The van der Waals surface area contributed by atoms with Crippen molar-refractivity contribution in [3.63, 3.8) is 0 Å². The fourth-order valence-corrected chi connectivity index (χ4v) is 6.62. The Balaban J connectivity index is 1.59. The number of benzene rings is 1. The quantitative estimate of drug-likeness (QED) is 0.357. The van der Waals surface area contributed by atoms with Gasteiger partial charge in [0.15, 0.2) is 0 Å². The van der Waals surface area contributed by atoms with E-state index in [1.54, 1.807) is 11.8 Å². The molecule has 1 saturated carbocycles. The highest BCUT2D eigenvalue weighted by atomic mass is 16.6. The highest BCUT2D eigenvalue weighted by molar-refractivity contribution is 6.37. The van der Waals surface area contributed by atoms with Crippen molar-refractivity contribution in [3.8, 4) is 0 Å². The Bertz CT molecular complexity index is 1160. The van der Waals surface area contributed by atoms with Gasteiger partial charge in [-0.05, 0) is 66.9 Å². The highest BCUT2D eigenvalue weighted by Gasteiger charge is 2.69. The molecule has 0 spiro atoms. The molecule has 1 aromatic rings. The van der Waals surface area contributed by atoms with E-state index in [1.807, 2.05) is 38.1 Å². The minimum absolute atomic E-state index is 0.101. The van der Waals surface area contributed by atoms with E-state index in [2.05, 4.69) is 24.5 Å². The molecule has 218 valence electrons. The maximum atomic E-state index is 14.3. The van der Waals surface area contributed by atoms with Crippen molar-refractivity contribution in [2.24, 2.45) is 28.9 Å². The number of piperidine rings is 1. The summed E-state index contributed by atoms with van der Waals surface area (Å²) >= 11 is 0. The lowest BCUT2D eigenvalue weighted by atomic mass is 9.93. The monoisotopic (exact) mass is 554 g/mol. The zero-order valence-corrected chi connectivity index (χ0v) is 24.1. The van der Waals surface area contributed by atoms with Crippen LogP contribution in [0.4, 0.5) is 4.79 Å². The van der Waals surface area contributed by atoms with Crippen LogP contribution < -0.4 is 16.4 Å². The van der Waals surface area contributed by atoms with Crippen LogP contribution in [0.15, 0.2) is 24.3 Å². The van der Waals surface area contributed by atoms with Crippen LogP contribution in [0.5, 0.6) is 0 Å². The van der Waals surface area contributed by atoms with Gasteiger partial charge in [-0.25, -0.2) is 4.79 Å². The number of nitrogens with one attached hydrogen (secondary N) is 2. The van der Waals surface area contributed by atoms with Crippen LogP contribution in [-0.4, -0.2) is 65.3 Å². The molecule has 1 aliphatic heterocycles. The Hall–Kier alpha value is -3.43. The van der Waals surface area contributed by atoms with Crippen LogP contribution in [0.1, 0.15) is 65.0 Å². The van der Waals surface area contributed by atoms with E-state index in [9.17, 15) is 24.0 Å². The molecule has 2 aliphatic carbocycles. The van der Waals surface area contributed by atoms with Crippen molar-refractivity contribution in [1.29, 1.82) is 0 Å². The van der Waals surface area contributed by atoms with Gasteiger partial charge in [-0.1, -0.05) is 58.4 Å². The first-order valence-electron chi connectivity index (χ1n) is 14.4. The number of ketones is 1. The number of nitrogens with zero attached hydrogens (tertiary/aromatic N) is 1. The van der Waals surface area contributed by atoms with Crippen LogP contribution >= 0.6 is 0 Å². The first-order chi connectivity index (χ1) is 18.9. The number of alkyl carbamates (subject to hydrolysis) is 1. The molecule has 1 saturated heterocycles. The summed E-state index contributed by atoms with van der Waals surface area (Å²) in [5, 5.41) is 5.56.